The van der Waals surface area contributed by atoms with E-state index in [0.29, 0.717) is 12.5 Å². The van der Waals surface area contributed by atoms with Gasteiger partial charge in [-0.3, -0.25) is 9.69 Å². The van der Waals surface area contributed by atoms with Gasteiger partial charge in [0.25, 0.3) is 0 Å². The number of carbonyl (C=O) groups is 3. The van der Waals surface area contributed by atoms with E-state index in [9.17, 15) is 4.79 Å². The second kappa shape index (κ2) is 15.0. The van der Waals surface area contributed by atoms with Crippen LogP contribution in [0.4, 0.5) is 5.69 Å². The zero-order valence-corrected chi connectivity index (χ0v) is 23.4. The molecule has 1 amide bonds. The summed E-state index contributed by atoms with van der Waals surface area (Å²) in [6.45, 7) is 8.50. The van der Waals surface area contributed by atoms with Gasteiger partial charge in [0.2, 0.25) is 5.91 Å². The molecular formula is C29H39N3O8. The first-order valence-corrected chi connectivity index (χ1v) is 13.4. The maximum absolute atomic E-state index is 13.2. The van der Waals surface area contributed by atoms with E-state index in [1.165, 1.54) is 0 Å². The van der Waals surface area contributed by atoms with Gasteiger partial charge in [-0.05, 0) is 63.2 Å². The Bertz CT molecular complexity index is 1130. The summed E-state index contributed by atoms with van der Waals surface area (Å²) in [5.41, 5.74) is 2.24. The van der Waals surface area contributed by atoms with E-state index in [2.05, 4.69) is 20.8 Å². The van der Waals surface area contributed by atoms with E-state index in [-0.39, 0.29) is 5.92 Å². The van der Waals surface area contributed by atoms with Gasteiger partial charge < -0.3 is 34.2 Å². The molecule has 0 atom stereocenters. The molecular weight excluding hydrogens is 518 g/mol. The minimum absolute atomic E-state index is 0.116. The van der Waals surface area contributed by atoms with E-state index in [0.717, 1.165) is 87.2 Å². The number of carboxylic acid groups (broad SMARTS) is 2. The van der Waals surface area contributed by atoms with Crippen LogP contribution in [0.15, 0.2) is 42.5 Å². The number of rotatable bonds is 8. The summed E-state index contributed by atoms with van der Waals surface area (Å²) < 4.78 is 16.7. The van der Waals surface area contributed by atoms with E-state index in [1.807, 2.05) is 43.3 Å². The van der Waals surface area contributed by atoms with Crippen LogP contribution in [0.3, 0.4) is 0 Å². The number of hydrogen-bond acceptors (Lipinski definition) is 8. The number of benzene rings is 2. The van der Waals surface area contributed by atoms with Crippen LogP contribution in [-0.4, -0.2) is 98.0 Å². The lowest BCUT2D eigenvalue weighted by Gasteiger charge is -2.39. The minimum Gasteiger partial charge on any atom is -0.497 e. The molecule has 0 aliphatic carbocycles. The highest BCUT2D eigenvalue weighted by atomic mass is 16.5. The smallest absolute Gasteiger partial charge is 0.414 e. The molecule has 0 spiro atoms. The molecule has 0 unspecified atom stereocenters. The number of nitrogens with zero attached hydrogens (tertiary/aromatic N) is 3. The summed E-state index contributed by atoms with van der Waals surface area (Å²) in [7, 11) is 3.38. The fourth-order valence-electron chi connectivity index (χ4n) is 5.01. The van der Waals surface area contributed by atoms with E-state index in [4.69, 9.17) is 34.0 Å². The van der Waals surface area contributed by atoms with Crippen LogP contribution in [0.5, 0.6) is 17.2 Å². The molecule has 0 bridgehead atoms. The molecule has 0 saturated carbocycles. The van der Waals surface area contributed by atoms with Crippen molar-refractivity contribution in [2.24, 2.45) is 5.92 Å². The first-order chi connectivity index (χ1) is 19.3. The Morgan fingerprint density at radius 1 is 0.850 bits per heavy atom. The summed E-state index contributed by atoms with van der Waals surface area (Å²) in [5.74, 6) is -0.580. The molecule has 2 aromatic carbocycles. The molecule has 2 saturated heterocycles. The predicted molar refractivity (Wildman–Crippen MR) is 149 cm³/mol. The van der Waals surface area contributed by atoms with Crippen LogP contribution in [-0.2, 0) is 20.9 Å². The van der Waals surface area contributed by atoms with Crippen molar-refractivity contribution in [3.05, 3.63) is 48.0 Å². The Kier molecular flexibility index (Phi) is 11.4. The molecule has 0 radical (unpaired) electrons. The number of anilines is 1. The SMILES string of the molecule is CCOc1ccccc1N1CCN(C(=O)C2CCN(Cc3cc(OC)ccc3OC)CC2)CC1.O=C(O)C(=O)O. The highest BCUT2D eigenvalue weighted by Crippen LogP contribution is 2.30. The maximum atomic E-state index is 13.2. The van der Waals surface area contributed by atoms with Crippen LogP contribution >= 0.6 is 0 Å². The quantitative estimate of drug-likeness (QED) is 0.468. The molecule has 2 N–H and O–H groups in total. The molecule has 4 rings (SSSR count). The van der Waals surface area contributed by atoms with Crippen LogP contribution in [0.2, 0.25) is 0 Å². The average Bonchev–Trinajstić information content (AvgIpc) is 2.98. The van der Waals surface area contributed by atoms with Crippen LogP contribution in [0.1, 0.15) is 25.3 Å². The molecule has 0 aromatic heterocycles. The van der Waals surface area contributed by atoms with Gasteiger partial charge >= 0.3 is 11.9 Å². The van der Waals surface area contributed by atoms with Gasteiger partial charge in [-0.25, -0.2) is 9.59 Å². The normalized spacial score (nSPS) is 16.0. The number of amides is 1. The lowest BCUT2D eigenvalue weighted by molar-refractivity contribution is -0.159. The summed E-state index contributed by atoms with van der Waals surface area (Å²) in [6.07, 6.45) is 1.80. The molecule has 2 heterocycles. The predicted octanol–water partition coefficient (Wildman–Crippen LogP) is 2.82. The number of piperazine rings is 1. The van der Waals surface area contributed by atoms with Gasteiger partial charge in [0, 0.05) is 44.2 Å². The first kappa shape index (κ1) is 30.6. The molecule has 2 aliphatic heterocycles. The molecule has 2 aliphatic rings. The van der Waals surface area contributed by atoms with Gasteiger partial charge in [-0.15, -0.1) is 0 Å². The number of hydrogen-bond donors (Lipinski definition) is 2. The minimum atomic E-state index is -1.82. The maximum Gasteiger partial charge on any atom is 0.414 e. The van der Waals surface area contributed by atoms with Crippen molar-refractivity contribution in [3.8, 4) is 17.2 Å². The van der Waals surface area contributed by atoms with Gasteiger partial charge in [0.1, 0.15) is 17.2 Å². The van der Waals surface area contributed by atoms with Crippen molar-refractivity contribution in [1.29, 1.82) is 0 Å². The van der Waals surface area contributed by atoms with E-state index in [1.54, 1.807) is 14.2 Å². The fraction of sp³-hybridized carbons (Fsp3) is 0.483. The number of carboxylic acids is 2. The van der Waals surface area contributed by atoms with Crippen molar-refractivity contribution in [2.75, 3.05) is 65.0 Å². The number of likely N-dealkylation sites (tertiary alicyclic amines) is 1. The number of aliphatic carboxylic acids is 2. The van der Waals surface area contributed by atoms with Gasteiger partial charge in [-0.1, -0.05) is 12.1 Å². The average molecular weight is 558 g/mol. The van der Waals surface area contributed by atoms with Crippen LogP contribution < -0.4 is 19.1 Å². The number of para-hydroxylation sites is 2. The third-order valence-corrected chi connectivity index (χ3v) is 7.10. The molecule has 2 fully saturated rings. The van der Waals surface area contributed by atoms with E-state index < -0.39 is 11.9 Å². The fourth-order valence-corrected chi connectivity index (χ4v) is 5.01. The van der Waals surface area contributed by atoms with Crippen molar-refractivity contribution in [2.45, 2.75) is 26.3 Å². The Morgan fingerprint density at radius 2 is 1.50 bits per heavy atom. The van der Waals surface area contributed by atoms with E-state index >= 15 is 0 Å². The topological polar surface area (TPSA) is 129 Å². The monoisotopic (exact) mass is 557 g/mol. The second-order valence-corrected chi connectivity index (χ2v) is 9.55. The summed E-state index contributed by atoms with van der Waals surface area (Å²) >= 11 is 0. The number of carbonyl (C=O) groups excluding carboxylic acids is 1. The van der Waals surface area contributed by atoms with Crippen LogP contribution in [0.25, 0.3) is 0 Å². The van der Waals surface area contributed by atoms with Gasteiger partial charge in [-0.2, -0.15) is 0 Å². The summed E-state index contributed by atoms with van der Waals surface area (Å²) in [5, 5.41) is 14.8. The highest BCUT2D eigenvalue weighted by molar-refractivity contribution is 6.27. The number of ether oxygens (including phenoxy) is 3. The lowest BCUT2D eigenvalue weighted by Crippen LogP contribution is -2.51. The standard InChI is InChI=1S/C27H37N3O4.C2H2O4/c1-4-34-26-8-6-5-7-24(26)29-15-17-30(18-16-29)27(31)21-11-13-28(14-12-21)20-22-19-23(32-2)9-10-25(22)33-3;3-1(4)2(5)6/h5-10,19,21H,4,11-18,20H2,1-3H3;(H,3,4)(H,5,6). The van der Waals surface area contributed by atoms with Gasteiger partial charge in [0.15, 0.2) is 0 Å². The first-order valence-electron chi connectivity index (χ1n) is 13.4. The Balaban J connectivity index is 0.000000663. The zero-order chi connectivity index (χ0) is 29.1. The van der Waals surface area contributed by atoms with Crippen molar-refractivity contribution < 1.29 is 38.8 Å². The molecule has 40 heavy (non-hydrogen) atoms. The summed E-state index contributed by atoms with van der Waals surface area (Å²) in [4.78, 5) is 38.2. The van der Waals surface area contributed by atoms with Crippen molar-refractivity contribution in [1.82, 2.24) is 9.80 Å². The van der Waals surface area contributed by atoms with Crippen molar-refractivity contribution >= 4 is 23.5 Å². The molecule has 11 heteroatoms. The Labute approximate surface area is 234 Å². The largest absolute Gasteiger partial charge is 0.497 e. The summed E-state index contributed by atoms with van der Waals surface area (Å²) in [6, 6.07) is 14.1. The van der Waals surface area contributed by atoms with Crippen molar-refractivity contribution in [3.63, 3.8) is 0 Å². The number of piperidine rings is 1. The van der Waals surface area contributed by atoms with Crippen LogP contribution in [0, 0.1) is 5.92 Å². The zero-order valence-electron chi connectivity index (χ0n) is 23.4. The molecule has 218 valence electrons. The molecule has 2 aromatic rings. The van der Waals surface area contributed by atoms with Gasteiger partial charge in [0.05, 0.1) is 26.5 Å². The third-order valence-electron chi connectivity index (χ3n) is 7.10. The highest BCUT2D eigenvalue weighted by Gasteiger charge is 2.31. The third kappa shape index (κ3) is 8.25. The Morgan fingerprint density at radius 3 is 2.08 bits per heavy atom. The number of methoxy groups -OCH3 is 2. The Hall–Kier alpha value is -3.99. The molecule has 11 nitrogen and oxygen atoms in total. The lowest BCUT2D eigenvalue weighted by atomic mass is 9.94. The second-order valence-electron chi connectivity index (χ2n) is 9.55.